The van der Waals surface area contributed by atoms with Gasteiger partial charge in [0.2, 0.25) is 5.88 Å². The predicted molar refractivity (Wildman–Crippen MR) is 80.5 cm³/mol. The first kappa shape index (κ1) is 13.2. The number of ether oxygens (including phenoxy) is 1. The summed E-state index contributed by atoms with van der Waals surface area (Å²) in [6.45, 7) is 11.5. The smallest absolute Gasteiger partial charge is 0.289 e. The lowest BCUT2D eigenvalue weighted by molar-refractivity contribution is 0.295. The molecule has 0 saturated heterocycles. The van der Waals surface area contributed by atoms with Crippen LogP contribution in [0.15, 0.2) is 40.8 Å². The summed E-state index contributed by atoms with van der Waals surface area (Å²) in [4.78, 5) is 7.94. The van der Waals surface area contributed by atoms with Crippen molar-refractivity contribution < 1.29 is 9.15 Å². The number of hydrogen-bond donors (Lipinski definition) is 0. The van der Waals surface area contributed by atoms with Crippen molar-refractivity contribution in [1.29, 1.82) is 0 Å². The zero-order chi connectivity index (χ0) is 14.8. The van der Waals surface area contributed by atoms with Gasteiger partial charge in [-0.1, -0.05) is 30.3 Å². The summed E-state index contributed by atoms with van der Waals surface area (Å²) in [6.07, 6.45) is 0. The third-order valence-electron chi connectivity index (χ3n) is 3.26. The van der Waals surface area contributed by atoms with Gasteiger partial charge in [-0.05, 0) is 25.5 Å². The van der Waals surface area contributed by atoms with Crippen molar-refractivity contribution in [2.75, 3.05) is 0 Å². The van der Waals surface area contributed by atoms with Crippen LogP contribution in [0.2, 0.25) is 0 Å². The number of nitrogens with zero attached hydrogens (tertiary/aromatic N) is 2. The largest absolute Gasteiger partial charge is 0.481 e. The summed E-state index contributed by atoms with van der Waals surface area (Å²) >= 11 is 0. The molecule has 0 unspecified atom stereocenters. The van der Waals surface area contributed by atoms with Gasteiger partial charge in [-0.15, -0.1) is 0 Å². The molecule has 4 heteroatoms. The zero-order valence-electron chi connectivity index (χ0n) is 11.9. The molecule has 0 bridgehead atoms. The Morgan fingerprint density at radius 2 is 2.00 bits per heavy atom. The average Bonchev–Trinajstić information content (AvgIpc) is 2.88. The number of fused-ring (bicyclic) bond motifs is 1. The molecule has 1 aromatic carbocycles. The highest BCUT2D eigenvalue weighted by Crippen LogP contribution is 2.37. The maximum absolute atomic E-state index is 7.37. The summed E-state index contributed by atoms with van der Waals surface area (Å²) in [7, 11) is 0. The summed E-state index contributed by atoms with van der Waals surface area (Å²) < 4.78 is 11.4. The van der Waals surface area contributed by atoms with Gasteiger partial charge in [0.15, 0.2) is 0 Å². The Balaban J connectivity index is 2.00. The van der Waals surface area contributed by atoms with E-state index < -0.39 is 0 Å². The van der Waals surface area contributed by atoms with Crippen LogP contribution in [0.25, 0.3) is 15.8 Å². The monoisotopic (exact) mass is 278 g/mol. The molecule has 0 fully saturated rings. The zero-order valence-corrected chi connectivity index (χ0v) is 11.9. The minimum atomic E-state index is 0.327. The summed E-state index contributed by atoms with van der Waals surface area (Å²) in [5, 5.41) is 0.866. The van der Waals surface area contributed by atoms with Gasteiger partial charge >= 0.3 is 0 Å². The van der Waals surface area contributed by atoms with Gasteiger partial charge < -0.3 is 9.15 Å². The summed E-state index contributed by atoms with van der Waals surface area (Å²) in [5.74, 6) is 1.09. The Morgan fingerprint density at radius 3 is 2.71 bits per heavy atom. The van der Waals surface area contributed by atoms with E-state index in [4.69, 9.17) is 15.7 Å². The highest BCUT2D eigenvalue weighted by Gasteiger charge is 2.17. The fourth-order valence-electron chi connectivity index (χ4n) is 2.25. The number of furan rings is 1. The molecule has 0 spiro atoms. The number of benzene rings is 1. The summed E-state index contributed by atoms with van der Waals surface area (Å²) in [5.41, 5.74) is 2.72. The quantitative estimate of drug-likeness (QED) is 0.658. The first-order valence-corrected chi connectivity index (χ1v) is 6.64. The maximum atomic E-state index is 7.37. The van der Waals surface area contributed by atoms with Crippen LogP contribution >= 0.6 is 0 Å². The highest BCUT2D eigenvalue weighted by molar-refractivity contribution is 5.93. The Labute approximate surface area is 122 Å². The number of rotatable bonds is 3. The average molecular weight is 278 g/mol. The highest BCUT2D eigenvalue weighted by atomic mass is 16.5. The predicted octanol–water partition coefficient (Wildman–Crippen LogP) is 4.57. The molecule has 0 radical (unpaired) electrons. The minimum Gasteiger partial charge on any atom is -0.481 e. The lowest BCUT2D eigenvalue weighted by atomic mass is 10.2. The lowest BCUT2D eigenvalue weighted by Gasteiger charge is -2.08. The Kier molecular flexibility index (Phi) is 3.33. The van der Waals surface area contributed by atoms with Gasteiger partial charge in [-0.2, -0.15) is 0 Å². The van der Waals surface area contributed by atoms with E-state index in [1.54, 1.807) is 0 Å². The van der Waals surface area contributed by atoms with Crippen LogP contribution < -0.4 is 4.74 Å². The van der Waals surface area contributed by atoms with Crippen molar-refractivity contribution in [2.24, 2.45) is 0 Å². The van der Waals surface area contributed by atoms with Crippen LogP contribution in [0.1, 0.15) is 17.0 Å². The lowest BCUT2D eigenvalue weighted by Crippen LogP contribution is -1.98. The number of hydrogen-bond acceptors (Lipinski definition) is 3. The van der Waals surface area contributed by atoms with Crippen molar-refractivity contribution in [3.63, 3.8) is 0 Å². The van der Waals surface area contributed by atoms with E-state index in [2.05, 4.69) is 9.83 Å². The molecule has 4 nitrogen and oxygen atoms in total. The molecule has 0 N–H and O–H groups in total. The minimum absolute atomic E-state index is 0.327. The van der Waals surface area contributed by atoms with Crippen molar-refractivity contribution in [1.82, 2.24) is 4.98 Å². The second-order valence-corrected chi connectivity index (χ2v) is 4.84. The van der Waals surface area contributed by atoms with E-state index >= 15 is 0 Å². The third kappa shape index (κ3) is 2.46. The molecule has 2 heterocycles. The molecule has 3 aromatic rings. The Morgan fingerprint density at radius 1 is 1.24 bits per heavy atom. The van der Waals surface area contributed by atoms with E-state index in [1.165, 1.54) is 0 Å². The van der Waals surface area contributed by atoms with E-state index in [-0.39, 0.29) is 0 Å². The number of aromatic nitrogens is 1. The normalized spacial score (nSPS) is 10.5. The molecule has 0 aliphatic carbocycles. The maximum Gasteiger partial charge on any atom is 0.289 e. The van der Waals surface area contributed by atoms with Crippen molar-refractivity contribution in [3.05, 3.63) is 64.8 Å². The topological polar surface area (TPSA) is 39.6 Å². The third-order valence-corrected chi connectivity index (χ3v) is 3.26. The fourth-order valence-corrected chi connectivity index (χ4v) is 2.25. The summed E-state index contributed by atoms with van der Waals surface area (Å²) in [6, 6.07) is 11.7. The van der Waals surface area contributed by atoms with Crippen LogP contribution in [-0.4, -0.2) is 4.98 Å². The molecule has 21 heavy (non-hydrogen) atoms. The van der Waals surface area contributed by atoms with Gasteiger partial charge in [-0.25, -0.2) is 9.83 Å². The van der Waals surface area contributed by atoms with Crippen molar-refractivity contribution in [2.45, 2.75) is 20.5 Å². The molecule has 0 atom stereocenters. The van der Waals surface area contributed by atoms with Crippen molar-refractivity contribution >= 4 is 16.7 Å². The van der Waals surface area contributed by atoms with E-state index in [1.807, 2.05) is 50.2 Å². The van der Waals surface area contributed by atoms with Crippen LogP contribution in [0, 0.1) is 20.4 Å². The SMILES string of the molecule is [C-]#[N+]c1c(OCc2ccccc2)nc(C)c2cc(C)oc12. The Hall–Kier alpha value is -2.80. The molecule has 0 aliphatic heterocycles. The van der Waals surface area contributed by atoms with Gasteiger partial charge in [0.05, 0.1) is 12.3 Å². The first-order valence-electron chi connectivity index (χ1n) is 6.64. The van der Waals surface area contributed by atoms with Gasteiger partial charge in [-0.3, -0.25) is 0 Å². The molecule has 0 amide bonds. The van der Waals surface area contributed by atoms with Gasteiger partial charge in [0.1, 0.15) is 12.2 Å². The molecular weight excluding hydrogens is 264 g/mol. The molecule has 0 aliphatic rings. The second kappa shape index (κ2) is 5.29. The Bertz CT molecular complexity index is 829. The first-order chi connectivity index (χ1) is 10.2. The molecule has 104 valence electrons. The van der Waals surface area contributed by atoms with E-state index in [0.29, 0.717) is 23.8 Å². The number of aryl methyl sites for hydroxylation is 2. The second-order valence-electron chi connectivity index (χ2n) is 4.84. The van der Waals surface area contributed by atoms with E-state index in [0.717, 1.165) is 22.4 Å². The molecule has 3 rings (SSSR count). The van der Waals surface area contributed by atoms with Crippen LogP contribution in [0.3, 0.4) is 0 Å². The van der Waals surface area contributed by atoms with Gasteiger partial charge in [0, 0.05) is 11.1 Å². The van der Waals surface area contributed by atoms with Crippen LogP contribution in [-0.2, 0) is 6.61 Å². The van der Waals surface area contributed by atoms with Crippen LogP contribution in [0.5, 0.6) is 5.88 Å². The van der Waals surface area contributed by atoms with Crippen molar-refractivity contribution in [3.8, 4) is 5.88 Å². The standard InChI is InChI=1S/C17H14N2O2/c1-11-9-14-12(2)19-17(15(18-3)16(14)21-11)20-10-13-7-5-4-6-8-13/h4-9H,10H2,1-2H3. The van der Waals surface area contributed by atoms with Crippen LogP contribution in [0.4, 0.5) is 5.69 Å². The van der Waals surface area contributed by atoms with E-state index in [9.17, 15) is 0 Å². The molecule has 2 aromatic heterocycles. The van der Waals surface area contributed by atoms with Gasteiger partial charge in [0.25, 0.3) is 5.69 Å². The fraction of sp³-hybridized carbons (Fsp3) is 0.176. The molecule has 0 saturated carbocycles. The number of pyridine rings is 1. The molecular formula is C17H14N2O2.